The molecule has 2 aromatic carbocycles. The van der Waals surface area contributed by atoms with Gasteiger partial charge in [-0.05, 0) is 37.5 Å². The third kappa shape index (κ3) is 4.93. The van der Waals surface area contributed by atoms with E-state index in [0.717, 1.165) is 19.1 Å². The number of hydrogen-bond acceptors (Lipinski definition) is 3. The molecular formula is C18H21NO3S. The maximum absolute atomic E-state index is 12.4. The van der Waals surface area contributed by atoms with Crippen molar-refractivity contribution in [2.75, 3.05) is 6.26 Å². The molecule has 0 radical (unpaired) electrons. The number of rotatable bonds is 6. The third-order valence-corrected chi connectivity index (χ3v) is 4.77. The van der Waals surface area contributed by atoms with Gasteiger partial charge in [0.1, 0.15) is 0 Å². The lowest BCUT2D eigenvalue weighted by Gasteiger charge is -2.15. The van der Waals surface area contributed by atoms with E-state index in [4.69, 9.17) is 0 Å². The molecular weight excluding hydrogens is 310 g/mol. The second-order valence-corrected chi connectivity index (χ2v) is 7.65. The van der Waals surface area contributed by atoms with Crippen LogP contribution in [-0.4, -0.2) is 26.6 Å². The number of benzene rings is 2. The number of amides is 1. The predicted molar refractivity (Wildman–Crippen MR) is 91.2 cm³/mol. The number of sulfone groups is 1. The molecule has 0 aliphatic rings. The van der Waals surface area contributed by atoms with E-state index in [0.29, 0.717) is 0 Å². The molecule has 0 saturated carbocycles. The SMILES string of the molecule is C[C@@H](CCc1ccccc1)NC(=O)c1ccccc1S(C)(=O)=O. The zero-order valence-corrected chi connectivity index (χ0v) is 14.1. The summed E-state index contributed by atoms with van der Waals surface area (Å²) in [4.78, 5) is 12.4. The van der Waals surface area contributed by atoms with E-state index >= 15 is 0 Å². The first-order chi connectivity index (χ1) is 10.9. The molecule has 0 heterocycles. The summed E-state index contributed by atoms with van der Waals surface area (Å²) in [6.45, 7) is 1.92. The lowest BCUT2D eigenvalue weighted by molar-refractivity contribution is 0.0935. The van der Waals surface area contributed by atoms with Crippen LogP contribution in [-0.2, 0) is 16.3 Å². The van der Waals surface area contributed by atoms with E-state index in [2.05, 4.69) is 5.32 Å². The predicted octanol–water partition coefficient (Wildman–Crippen LogP) is 2.84. The first-order valence-corrected chi connectivity index (χ1v) is 9.41. The van der Waals surface area contributed by atoms with Crippen LogP contribution in [0.2, 0.25) is 0 Å². The Kier molecular flexibility index (Phi) is 5.55. The molecule has 5 heteroatoms. The highest BCUT2D eigenvalue weighted by Crippen LogP contribution is 2.15. The van der Waals surface area contributed by atoms with Crippen molar-refractivity contribution in [1.82, 2.24) is 5.32 Å². The first-order valence-electron chi connectivity index (χ1n) is 7.52. The highest BCUT2D eigenvalue weighted by Gasteiger charge is 2.19. The molecule has 2 aromatic rings. The summed E-state index contributed by atoms with van der Waals surface area (Å²) >= 11 is 0. The lowest BCUT2D eigenvalue weighted by Crippen LogP contribution is -2.33. The summed E-state index contributed by atoms with van der Waals surface area (Å²) in [6, 6.07) is 16.3. The van der Waals surface area contributed by atoms with Crippen molar-refractivity contribution in [2.24, 2.45) is 0 Å². The topological polar surface area (TPSA) is 63.2 Å². The largest absolute Gasteiger partial charge is 0.350 e. The van der Waals surface area contributed by atoms with Crippen molar-refractivity contribution >= 4 is 15.7 Å². The number of nitrogens with one attached hydrogen (secondary N) is 1. The Labute approximate surface area is 137 Å². The van der Waals surface area contributed by atoms with Gasteiger partial charge in [-0.2, -0.15) is 0 Å². The molecule has 1 N–H and O–H groups in total. The van der Waals surface area contributed by atoms with Gasteiger partial charge in [0.2, 0.25) is 0 Å². The highest BCUT2D eigenvalue weighted by atomic mass is 32.2. The smallest absolute Gasteiger partial charge is 0.252 e. The molecule has 0 aromatic heterocycles. The minimum atomic E-state index is -3.43. The molecule has 1 amide bonds. The van der Waals surface area contributed by atoms with Crippen molar-refractivity contribution in [2.45, 2.75) is 30.7 Å². The van der Waals surface area contributed by atoms with E-state index in [1.54, 1.807) is 12.1 Å². The maximum atomic E-state index is 12.4. The fourth-order valence-electron chi connectivity index (χ4n) is 2.38. The van der Waals surface area contributed by atoms with E-state index in [1.165, 1.54) is 17.7 Å². The molecule has 0 unspecified atom stereocenters. The number of carbonyl (C=O) groups excluding carboxylic acids is 1. The van der Waals surface area contributed by atoms with Gasteiger partial charge in [-0.1, -0.05) is 42.5 Å². The fraction of sp³-hybridized carbons (Fsp3) is 0.278. The summed E-state index contributed by atoms with van der Waals surface area (Å²) in [5.41, 5.74) is 1.41. The Bertz CT molecular complexity index is 770. The Balaban J connectivity index is 2.02. The van der Waals surface area contributed by atoms with Crippen molar-refractivity contribution in [3.05, 3.63) is 65.7 Å². The molecule has 0 bridgehead atoms. The van der Waals surface area contributed by atoms with E-state index in [-0.39, 0.29) is 22.4 Å². The van der Waals surface area contributed by atoms with Gasteiger partial charge < -0.3 is 5.32 Å². The molecule has 2 rings (SSSR count). The second kappa shape index (κ2) is 7.42. The summed E-state index contributed by atoms with van der Waals surface area (Å²) in [6.07, 6.45) is 2.75. The van der Waals surface area contributed by atoms with Gasteiger partial charge in [-0.3, -0.25) is 4.79 Å². The van der Waals surface area contributed by atoms with Crippen LogP contribution in [0.3, 0.4) is 0 Å². The second-order valence-electron chi connectivity index (χ2n) is 5.67. The van der Waals surface area contributed by atoms with Crippen LogP contribution in [0, 0.1) is 0 Å². The van der Waals surface area contributed by atoms with Gasteiger partial charge in [0.25, 0.3) is 5.91 Å². The van der Waals surface area contributed by atoms with Crippen LogP contribution in [0.25, 0.3) is 0 Å². The van der Waals surface area contributed by atoms with E-state index in [9.17, 15) is 13.2 Å². The molecule has 122 valence electrons. The molecule has 4 nitrogen and oxygen atoms in total. The normalized spacial score (nSPS) is 12.6. The first kappa shape index (κ1) is 17.2. The van der Waals surface area contributed by atoms with Crippen LogP contribution >= 0.6 is 0 Å². The summed E-state index contributed by atoms with van der Waals surface area (Å²) in [5.74, 6) is -0.355. The maximum Gasteiger partial charge on any atom is 0.252 e. The zero-order chi connectivity index (χ0) is 16.9. The summed E-state index contributed by atoms with van der Waals surface area (Å²) in [7, 11) is -3.43. The Morgan fingerprint density at radius 2 is 1.65 bits per heavy atom. The summed E-state index contributed by atoms with van der Waals surface area (Å²) < 4.78 is 23.5. The Morgan fingerprint density at radius 3 is 2.30 bits per heavy atom. The standard InChI is InChI=1S/C18H21NO3S/c1-14(12-13-15-8-4-3-5-9-15)19-18(20)16-10-6-7-11-17(16)23(2,21)22/h3-11,14H,12-13H2,1-2H3,(H,19,20)/t14-/m0/s1. The van der Waals surface area contributed by atoms with Gasteiger partial charge >= 0.3 is 0 Å². The van der Waals surface area contributed by atoms with Crippen molar-refractivity contribution in [3.8, 4) is 0 Å². The highest BCUT2D eigenvalue weighted by molar-refractivity contribution is 7.90. The van der Waals surface area contributed by atoms with Gasteiger partial charge in [-0.25, -0.2) is 8.42 Å². The molecule has 1 atom stereocenters. The molecule has 0 saturated heterocycles. The fourth-order valence-corrected chi connectivity index (χ4v) is 3.27. The molecule has 0 aliphatic heterocycles. The molecule has 23 heavy (non-hydrogen) atoms. The number of carbonyl (C=O) groups is 1. The van der Waals surface area contributed by atoms with Gasteiger partial charge in [0, 0.05) is 12.3 Å². The monoisotopic (exact) mass is 331 g/mol. The van der Waals surface area contributed by atoms with Gasteiger partial charge in [0.05, 0.1) is 10.5 Å². The van der Waals surface area contributed by atoms with Crippen LogP contribution in [0.15, 0.2) is 59.5 Å². The molecule has 0 fully saturated rings. The van der Waals surface area contributed by atoms with Crippen LogP contribution in [0.4, 0.5) is 0 Å². The molecule has 0 aliphatic carbocycles. The summed E-state index contributed by atoms with van der Waals surface area (Å²) in [5, 5.41) is 2.88. The molecule has 0 spiro atoms. The van der Waals surface area contributed by atoms with E-state index < -0.39 is 9.84 Å². The van der Waals surface area contributed by atoms with Crippen molar-refractivity contribution < 1.29 is 13.2 Å². The Hall–Kier alpha value is -2.14. The number of aryl methyl sites for hydroxylation is 1. The quantitative estimate of drug-likeness (QED) is 0.885. The zero-order valence-electron chi connectivity index (χ0n) is 13.3. The van der Waals surface area contributed by atoms with Crippen LogP contribution < -0.4 is 5.32 Å². The lowest BCUT2D eigenvalue weighted by atomic mass is 10.1. The van der Waals surface area contributed by atoms with Gasteiger partial charge in [0.15, 0.2) is 9.84 Å². The van der Waals surface area contributed by atoms with E-state index in [1.807, 2.05) is 37.3 Å². The third-order valence-electron chi connectivity index (χ3n) is 3.62. The van der Waals surface area contributed by atoms with Crippen LogP contribution in [0.5, 0.6) is 0 Å². The number of hydrogen-bond donors (Lipinski definition) is 1. The van der Waals surface area contributed by atoms with Gasteiger partial charge in [-0.15, -0.1) is 0 Å². The van der Waals surface area contributed by atoms with Crippen LogP contribution in [0.1, 0.15) is 29.3 Å². The van der Waals surface area contributed by atoms with Crippen molar-refractivity contribution in [1.29, 1.82) is 0 Å². The average molecular weight is 331 g/mol. The minimum absolute atomic E-state index is 0.0460. The van der Waals surface area contributed by atoms with Crippen molar-refractivity contribution in [3.63, 3.8) is 0 Å². The minimum Gasteiger partial charge on any atom is -0.350 e. The Morgan fingerprint density at radius 1 is 1.04 bits per heavy atom. The average Bonchev–Trinajstić information content (AvgIpc) is 2.53.